The summed E-state index contributed by atoms with van der Waals surface area (Å²) in [5, 5.41) is 21.9. The molecule has 2 N–H and O–H groups in total. The van der Waals surface area contributed by atoms with Gasteiger partial charge in [-0.2, -0.15) is 0 Å². The minimum atomic E-state index is -1.28. The number of hydrogen-bond acceptors (Lipinski definition) is 6. The number of carbonyl (C=O) groups is 2. The molecule has 39 heavy (non-hydrogen) atoms. The fourth-order valence-electron chi connectivity index (χ4n) is 11.7. The van der Waals surface area contributed by atoms with Crippen molar-refractivity contribution in [1.29, 1.82) is 0 Å². The Morgan fingerprint density at radius 3 is 2.13 bits per heavy atom. The number of rotatable bonds is 3. The highest BCUT2D eigenvalue weighted by atomic mass is 16.6. The first kappa shape index (κ1) is 29.5. The van der Waals surface area contributed by atoms with E-state index in [-0.39, 0.29) is 51.3 Å². The van der Waals surface area contributed by atoms with Gasteiger partial charge in [0, 0.05) is 18.3 Å². The minimum absolute atomic E-state index is 0.000740. The number of ketones is 1. The third kappa shape index (κ3) is 3.68. The number of esters is 1. The van der Waals surface area contributed by atoms with E-state index in [0.29, 0.717) is 12.3 Å². The van der Waals surface area contributed by atoms with E-state index in [0.717, 1.165) is 38.5 Å². The van der Waals surface area contributed by atoms with Gasteiger partial charge < -0.3 is 19.7 Å². The first-order chi connectivity index (χ1) is 17.8. The monoisotopic (exact) mass is 546 g/mol. The van der Waals surface area contributed by atoms with Crippen molar-refractivity contribution in [3.63, 3.8) is 0 Å². The summed E-state index contributed by atoms with van der Waals surface area (Å²) in [5.41, 5.74) is -2.05. The van der Waals surface area contributed by atoms with E-state index in [1.54, 1.807) is 13.8 Å². The minimum Gasteiger partial charge on any atom is -0.457 e. The van der Waals surface area contributed by atoms with Crippen molar-refractivity contribution in [3.05, 3.63) is 0 Å². The van der Waals surface area contributed by atoms with Crippen LogP contribution in [0.1, 0.15) is 114 Å². The third-order valence-corrected chi connectivity index (χ3v) is 14.0. The van der Waals surface area contributed by atoms with E-state index < -0.39 is 35.3 Å². The van der Waals surface area contributed by atoms with Gasteiger partial charge in [0.2, 0.25) is 0 Å². The van der Waals surface area contributed by atoms with Crippen LogP contribution in [0.15, 0.2) is 0 Å². The smallest absolute Gasteiger partial charge is 0.303 e. The predicted molar refractivity (Wildman–Crippen MR) is 150 cm³/mol. The molecule has 0 spiro atoms. The van der Waals surface area contributed by atoms with Crippen LogP contribution in [0, 0.1) is 50.7 Å². The maximum Gasteiger partial charge on any atom is 0.303 e. The zero-order chi connectivity index (χ0) is 29.1. The molecule has 6 nitrogen and oxygen atoms in total. The largest absolute Gasteiger partial charge is 0.457 e. The van der Waals surface area contributed by atoms with Gasteiger partial charge in [0.05, 0.1) is 17.8 Å². The summed E-state index contributed by atoms with van der Waals surface area (Å²) >= 11 is 0. The van der Waals surface area contributed by atoms with Crippen molar-refractivity contribution in [2.45, 2.75) is 144 Å². The average Bonchev–Trinajstić information content (AvgIpc) is 2.99. The summed E-state index contributed by atoms with van der Waals surface area (Å²) in [6.45, 7) is 20.9. The molecule has 4 saturated carbocycles. The van der Waals surface area contributed by atoms with Crippen molar-refractivity contribution in [3.8, 4) is 0 Å². The van der Waals surface area contributed by atoms with Gasteiger partial charge in [0.1, 0.15) is 6.10 Å². The summed E-state index contributed by atoms with van der Waals surface area (Å²) in [4.78, 5) is 26.7. The molecular formula is C33H54O6. The summed E-state index contributed by atoms with van der Waals surface area (Å²) in [5.74, 6) is 0.749. The van der Waals surface area contributed by atoms with E-state index >= 15 is 0 Å². The zero-order valence-corrected chi connectivity index (χ0v) is 26.1. The van der Waals surface area contributed by atoms with Gasteiger partial charge in [-0.1, -0.05) is 48.5 Å². The predicted octanol–water partition coefficient (Wildman–Crippen LogP) is 5.71. The fraction of sp³-hybridized carbons (Fsp3) is 0.939. The Morgan fingerprint density at radius 1 is 0.974 bits per heavy atom. The van der Waals surface area contributed by atoms with Crippen LogP contribution in [0.3, 0.4) is 0 Å². The highest BCUT2D eigenvalue weighted by molar-refractivity contribution is 5.93. The molecule has 6 heteroatoms. The van der Waals surface area contributed by atoms with Gasteiger partial charge in [-0.3, -0.25) is 9.59 Å². The molecule has 0 radical (unpaired) electrons. The topological polar surface area (TPSA) is 93.1 Å². The van der Waals surface area contributed by atoms with E-state index in [9.17, 15) is 19.8 Å². The number of ether oxygens (including phenoxy) is 2. The second-order valence-corrected chi connectivity index (χ2v) is 16.4. The number of fused-ring (bicyclic) bond motifs is 7. The molecule has 12 atom stereocenters. The van der Waals surface area contributed by atoms with Gasteiger partial charge in [0.25, 0.3) is 0 Å². The van der Waals surface area contributed by atoms with E-state index in [2.05, 4.69) is 48.5 Å². The molecule has 4 aliphatic carbocycles. The molecule has 0 bridgehead atoms. The number of Topliss-reactive ketones (excluding diaryl/α,β-unsaturated/α-hetero) is 1. The molecule has 1 saturated heterocycles. The molecule has 0 aromatic rings. The molecule has 0 aromatic heterocycles. The first-order valence-corrected chi connectivity index (χ1v) is 15.5. The first-order valence-electron chi connectivity index (χ1n) is 15.5. The lowest BCUT2D eigenvalue weighted by atomic mass is 9.33. The Balaban J connectivity index is 1.53. The van der Waals surface area contributed by atoms with Crippen molar-refractivity contribution >= 4 is 11.8 Å². The van der Waals surface area contributed by atoms with Crippen LogP contribution >= 0.6 is 0 Å². The van der Waals surface area contributed by atoms with Crippen LogP contribution < -0.4 is 0 Å². The normalized spacial score (nSPS) is 51.7. The van der Waals surface area contributed by atoms with Gasteiger partial charge in [0.15, 0.2) is 11.9 Å². The van der Waals surface area contributed by atoms with Gasteiger partial charge in [-0.05, 0) is 98.2 Å². The van der Waals surface area contributed by atoms with Crippen LogP contribution in [0.5, 0.6) is 0 Å². The Morgan fingerprint density at radius 2 is 1.54 bits per heavy atom. The van der Waals surface area contributed by atoms with Gasteiger partial charge in [-0.15, -0.1) is 0 Å². The van der Waals surface area contributed by atoms with E-state index in [4.69, 9.17) is 9.47 Å². The van der Waals surface area contributed by atoms with Crippen LogP contribution in [0.4, 0.5) is 0 Å². The fourth-order valence-corrected chi connectivity index (χ4v) is 11.7. The molecular weight excluding hydrogens is 492 g/mol. The summed E-state index contributed by atoms with van der Waals surface area (Å²) < 4.78 is 12.3. The van der Waals surface area contributed by atoms with Crippen LogP contribution in [0.25, 0.3) is 0 Å². The number of aliphatic hydroxyl groups is 2. The van der Waals surface area contributed by atoms with Gasteiger partial charge >= 0.3 is 5.97 Å². The number of carbonyl (C=O) groups excluding carboxylic acids is 2. The highest BCUT2D eigenvalue weighted by Gasteiger charge is 2.77. The molecule has 0 amide bonds. The zero-order valence-electron chi connectivity index (χ0n) is 26.1. The average molecular weight is 547 g/mol. The lowest BCUT2D eigenvalue weighted by Crippen LogP contribution is -2.67. The quantitative estimate of drug-likeness (QED) is 0.441. The highest BCUT2D eigenvalue weighted by Crippen LogP contribution is 2.78. The van der Waals surface area contributed by atoms with Crippen molar-refractivity contribution in [2.75, 3.05) is 0 Å². The Labute approximate surface area is 236 Å². The second-order valence-electron chi connectivity index (χ2n) is 16.4. The van der Waals surface area contributed by atoms with Crippen LogP contribution in [-0.2, 0) is 19.1 Å². The molecule has 0 unspecified atom stereocenters. The van der Waals surface area contributed by atoms with Crippen molar-refractivity contribution in [2.24, 2.45) is 50.7 Å². The van der Waals surface area contributed by atoms with Crippen molar-refractivity contribution < 1.29 is 29.3 Å². The number of aliphatic hydroxyl groups excluding tert-OH is 1. The van der Waals surface area contributed by atoms with E-state index in [1.165, 1.54) is 6.92 Å². The summed E-state index contributed by atoms with van der Waals surface area (Å²) in [6, 6.07) is 0. The summed E-state index contributed by atoms with van der Waals surface area (Å²) in [7, 11) is 0. The van der Waals surface area contributed by atoms with Crippen LogP contribution in [-0.4, -0.2) is 52.0 Å². The molecule has 1 aliphatic heterocycles. The molecule has 5 aliphatic rings. The summed E-state index contributed by atoms with van der Waals surface area (Å²) in [6.07, 6.45) is 4.43. The molecule has 0 aromatic carbocycles. The lowest BCUT2D eigenvalue weighted by molar-refractivity contribution is -0.244. The molecule has 1 heterocycles. The Hall–Kier alpha value is -0.980. The second kappa shape index (κ2) is 8.77. The maximum absolute atomic E-state index is 14.8. The third-order valence-electron chi connectivity index (χ3n) is 14.0. The molecule has 222 valence electrons. The van der Waals surface area contributed by atoms with Crippen molar-refractivity contribution in [1.82, 2.24) is 0 Å². The van der Waals surface area contributed by atoms with E-state index in [1.807, 2.05) is 0 Å². The van der Waals surface area contributed by atoms with Crippen LogP contribution in [0.2, 0.25) is 0 Å². The Kier molecular flexibility index (Phi) is 6.63. The number of hydrogen-bond donors (Lipinski definition) is 2. The van der Waals surface area contributed by atoms with Gasteiger partial charge in [-0.25, -0.2) is 0 Å². The maximum atomic E-state index is 14.8. The molecule has 5 rings (SSSR count). The lowest BCUT2D eigenvalue weighted by Gasteiger charge is -2.71. The Bertz CT molecular complexity index is 1030. The molecule has 5 fully saturated rings. The SMILES string of the molecule is CC(=O)O[C@@H]([C@H]1C[C@@H](C)[C@H]2[C@H](O1)C(=O)[C@@]1(C)[C@@H]3CC[C@H]4C(C)(C)[C@@H](O)CC[C@]4(C)[C@]3(C)CC[C@]21C)C(C)(C)O. The standard InChI is InChI=1S/C33H54O6/c1-18-17-20(27(29(5,6)37)38-19(2)34)39-25-24(18)32(9)16-15-31(8)22(33(32,10)26(25)36)12-11-21-28(3,4)23(35)13-14-30(21,31)7/h18,20-25,27,35,37H,11-17H2,1-10H3/t18-,20-,21+,22-,23+,24+,25+,27+,30+,31-,32-,33-/m1/s1.